The van der Waals surface area contributed by atoms with Crippen molar-refractivity contribution in [2.75, 3.05) is 6.54 Å². The first kappa shape index (κ1) is 13.8. The summed E-state index contributed by atoms with van der Waals surface area (Å²) in [5, 5.41) is 8.12. The van der Waals surface area contributed by atoms with Gasteiger partial charge in [0.2, 0.25) is 5.76 Å². The van der Waals surface area contributed by atoms with Crippen LogP contribution in [0.1, 0.15) is 23.3 Å². The van der Waals surface area contributed by atoms with Crippen LogP contribution in [-0.4, -0.2) is 38.3 Å². The molecule has 3 aromatic rings. The van der Waals surface area contributed by atoms with Gasteiger partial charge in [0, 0.05) is 25.0 Å². The van der Waals surface area contributed by atoms with E-state index in [1.165, 1.54) is 0 Å². The van der Waals surface area contributed by atoms with Crippen LogP contribution < -0.4 is 0 Å². The number of carbonyl (C=O) groups excluding carboxylic acids is 1. The van der Waals surface area contributed by atoms with Crippen LogP contribution in [0.15, 0.2) is 51.9 Å². The Bertz CT molecular complexity index is 776. The Balaban J connectivity index is 1.51. The number of nitrogens with zero attached hydrogens (tertiary/aromatic N) is 4. The first-order valence-electron chi connectivity index (χ1n) is 7.60. The zero-order valence-electron chi connectivity index (χ0n) is 12.5. The molecule has 0 spiro atoms. The molecule has 1 atom stereocenters. The average molecular weight is 312 g/mol. The molecule has 1 aliphatic rings. The number of furan rings is 1. The van der Waals surface area contributed by atoms with Crippen molar-refractivity contribution in [2.45, 2.75) is 25.4 Å². The number of hydrogen-bond donors (Lipinski definition) is 0. The lowest BCUT2D eigenvalue weighted by molar-refractivity contribution is 0.0711. The standard InChI is InChI=1S/C16H16N4O3/c21-16(13-10-15(23-18-13)14-5-2-9-22-14)20-8-1-4-12(20)11-19-7-3-6-17-19/h2-3,5-7,9-10,12H,1,4,8,11H2/t12-/m0/s1. The monoisotopic (exact) mass is 312 g/mol. The lowest BCUT2D eigenvalue weighted by Gasteiger charge is -2.23. The van der Waals surface area contributed by atoms with E-state index >= 15 is 0 Å². The zero-order valence-corrected chi connectivity index (χ0v) is 12.5. The van der Waals surface area contributed by atoms with E-state index in [2.05, 4.69) is 10.3 Å². The van der Waals surface area contributed by atoms with Crippen molar-refractivity contribution in [3.63, 3.8) is 0 Å². The van der Waals surface area contributed by atoms with E-state index in [0.29, 0.717) is 23.8 Å². The van der Waals surface area contributed by atoms with Gasteiger partial charge in [-0.1, -0.05) is 5.16 Å². The summed E-state index contributed by atoms with van der Waals surface area (Å²) in [5.74, 6) is 0.911. The first-order valence-corrected chi connectivity index (χ1v) is 7.60. The summed E-state index contributed by atoms with van der Waals surface area (Å²) in [6.07, 6.45) is 7.16. The van der Waals surface area contributed by atoms with Gasteiger partial charge in [-0.3, -0.25) is 9.48 Å². The number of likely N-dealkylation sites (tertiary alicyclic amines) is 1. The topological polar surface area (TPSA) is 77.3 Å². The normalized spacial score (nSPS) is 17.7. The van der Waals surface area contributed by atoms with Gasteiger partial charge in [-0.2, -0.15) is 5.10 Å². The third kappa shape index (κ3) is 2.65. The molecule has 1 amide bonds. The van der Waals surface area contributed by atoms with Gasteiger partial charge in [0.15, 0.2) is 11.5 Å². The van der Waals surface area contributed by atoms with Crippen LogP contribution in [0.5, 0.6) is 0 Å². The van der Waals surface area contributed by atoms with Gasteiger partial charge in [0.25, 0.3) is 5.91 Å². The number of hydrogen-bond acceptors (Lipinski definition) is 5. The van der Waals surface area contributed by atoms with Gasteiger partial charge in [0.05, 0.1) is 18.8 Å². The molecule has 0 N–H and O–H groups in total. The van der Waals surface area contributed by atoms with Crippen LogP contribution in [0.25, 0.3) is 11.5 Å². The van der Waals surface area contributed by atoms with Crippen molar-refractivity contribution in [3.8, 4) is 11.5 Å². The molecule has 0 bridgehead atoms. The summed E-state index contributed by atoms with van der Waals surface area (Å²) in [6.45, 7) is 1.43. The fourth-order valence-corrected chi connectivity index (χ4v) is 2.98. The molecule has 1 aliphatic heterocycles. The highest BCUT2D eigenvalue weighted by molar-refractivity contribution is 5.93. The fraction of sp³-hybridized carbons (Fsp3) is 0.312. The number of carbonyl (C=O) groups is 1. The average Bonchev–Trinajstić information content (AvgIpc) is 3.33. The van der Waals surface area contributed by atoms with Gasteiger partial charge >= 0.3 is 0 Å². The van der Waals surface area contributed by atoms with Crippen LogP contribution in [0.2, 0.25) is 0 Å². The van der Waals surface area contributed by atoms with Crippen molar-refractivity contribution >= 4 is 5.91 Å². The highest BCUT2D eigenvalue weighted by Crippen LogP contribution is 2.24. The maximum absolute atomic E-state index is 12.7. The molecule has 118 valence electrons. The molecule has 1 fully saturated rings. The highest BCUT2D eigenvalue weighted by Gasteiger charge is 2.31. The van der Waals surface area contributed by atoms with E-state index in [9.17, 15) is 4.79 Å². The lowest BCUT2D eigenvalue weighted by atomic mass is 10.2. The van der Waals surface area contributed by atoms with E-state index in [0.717, 1.165) is 19.4 Å². The summed E-state index contributed by atoms with van der Waals surface area (Å²) >= 11 is 0. The molecule has 4 heterocycles. The lowest BCUT2D eigenvalue weighted by Crippen LogP contribution is -2.38. The quantitative estimate of drug-likeness (QED) is 0.739. The van der Waals surface area contributed by atoms with Crippen LogP contribution >= 0.6 is 0 Å². The van der Waals surface area contributed by atoms with Crippen LogP contribution in [0, 0.1) is 0 Å². The molecule has 3 aromatic heterocycles. The maximum Gasteiger partial charge on any atom is 0.276 e. The van der Waals surface area contributed by atoms with E-state index in [-0.39, 0.29) is 11.9 Å². The summed E-state index contributed by atoms with van der Waals surface area (Å²) in [7, 11) is 0. The van der Waals surface area contributed by atoms with E-state index in [1.54, 1.807) is 30.7 Å². The molecule has 4 rings (SSSR count). The molecule has 1 saturated heterocycles. The predicted octanol–water partition coefficient (Wildman–Crippen LogP) is 2.44. The van der Waals surface area contributed by atoms with Crippen molar-refractivity contribution in [1.29, 1.82) is 0 Å². The smallest absolute Gasteiger partial charge is 0.276 e. The third-order valence-electron chi connectivity index (χ3n) is 4.09. The van der Waals surface area contributed by atoms with E-state index in [1.807, 2.05) is 21.8 Å². The van der Waals surface area contributed by atoms with Gasteiger partial charge in [-0.25, -0.2) is 0 Å². The van der Waals surface area contributed by atoms with Crippen LogP contribution in [-0.2, 0) is 6.54 Å². The summed E-state index contributed by atoms with van der Waals surface area (Å²) in [5.41, 5.74) is 0.309. The molecule has 0 saturated carbocycles. The molecule has 0 radical (unpaired) electrons. The Kier molecular flexibility index (Phi) is 3.45. The molecule has 0 aromatic carbocycles. The number of amides is 1. The second-order valence-corrected chi connectivity index (χ2v) is 5.58. The third-order valence-corrected chi connectivity index (χ3v) is 4.09. The Morgan fingerprint density at radius 2 is 2.30 bits per heavy atom. The molecular formula is C16H16N4O3. The molecule has 23 heavy (non-hydrogen) atoms. The van der Waals surface area contributed by atoms with Crippen molar-refractivity contribution in [1.82, 2.24) is 19.8 Å². The van der Waals surface area contributed by atoms with Gasteiger partial charge < -0.3 is 13.8 Å². The van der Waals surface area contributed by atoms with Crippen molar-refractivity contribution < 1.29 is 13.7 Å². The highest BCUT2D eigenvalue weighted by atomic mass is 16.5. The minimum absolute atomic E-state index is 0.110. The molecule has 7 heteroatoms. The Hall–Kier alpha value is -2.83. The van der Waals surface area contributed by atoms with Gasteiger partial charge in [-0.15, -0.1) is 0 Å². The molecular weight excluding hydrogens is 296 g/mol. The number of rotatable bonds is 4. The zero-order chi connectivity index (χ0) is 15.6. The van der Waals surface area contributed by atoms with E-state index in [4.69, 9.17) is 8.94 Å². The SMILES string of the molecule is O=C(c1cc(-c2ccco2)on1)N1CCC[C@H]1Cn1cccn1. The molecule has 0 unspecified atom stereocenters. The fourth-order valence-electron chi connectivity index (χ4n) is 2.98. The predicted molar refractivity (Wildman–Crippen MR) is 80.5 cm³/mol. The number of aromatic nitrogens is 3. The molecule has 0 aliphatic carbocycles. The summed E-state index contributed by atoms with van der Waals surface area (Å²) in [4.78, 5) is 14.6. The van der Waals surface area contributed by atoms with E-state index < -0.39 is 0 Å². The largest absolute Gasteiger partial charge is 0.461 e. The first-order chi connectivity index (χ1) is 11.3. The van der Waals surface area contributed by atoms with Crippen molar-refractivity contribution in [3.05, 3.63) is 48.6 Å². The second kappa shape index (κ2) is 5.75. The Morgan fingerprint density at radius 3 is 3.09 bits per heavy atom. The van der Waals surface area contributed by atoms with Crippen molar-refractivity contribution in [2.24, 2.45) is 0 Å². The van der Waals surface area contributed by atoms with Gasteiger partial charge in [0.1, 0.15) is 0 Å². The van der Waals surface area contributed by atoms with Gasteiger partial charge in [-0.05, 0) is 31.0 Å². The Labute approximate surface area is 132 Å². The Morgan fingerprint density at radius 1 is 1.35 bits per heavy atom. The minimum atomic E-state index is -0.110. The maximum atomic E-state index is 12.7. The van der Waals surface area contributed by atoms with Crippen LogP contribution in [0.4, 0.5) is 0 Å². The minimum Gasteiger partial charge on any atom is -0.461 e. The van der Waals surface area contributed by atoms with Crippen LogP contribution in [0.3, 0.4) is 0 Å². The summed E-state index contributed by atoms with van der Waals surface area (Å²) in [6, 6.07) is 7.18. The second-order valence-electron chi connectivity index (χ2n) is 5.58. The molecule has 7 nitrogen and oxygen atoms in total. The summed E-state index contributed by atoms with van der Waals surface area (Å²) < 4.78 is 12.3.